The van der Waals surface area contributed by atoms with Crippen LogP contribution >= 0.6 is 0 Å². The van der Waals surface area contributed by atoms with Gasteiger partial charge in [-0.1, -0.05) is 26.7 Å². The van der Waals surface area contributed by atoms with Crippen LogP contribution in [0.5, 0.6) is 0 Å². The Balaban J connectivity index is 2.69. The van der Waals surface area contributed by atoms with Crippen LogP contribution in [0, 0.1) is 0 Å². The van der Waals surface area contributed by atoms with Crippen molar-refractivity contribution in [1.82, 2.24) is 9.80 Å². The molecule has 0 bridgehead atoms. The molecule has 21 heavy (non-hydrogen) atoms. The number of ether oxygens (including phenoxy) is 1. The molecule has 1 heterocycles. The van der Waals surface area contributed by atoms with E-state index in [1.807, 2.05) is 4.90 Å². The molecular formula is C15H28N2O4. The van der Waals surface area contributed by atoms with Crippen LogP contribution in [0.1, 0.15) is 46.0 Å². The molecule has 0 aromatic carbocycles. The second-order valence-corrected chi connectivity index (χ2v) is 5.50. The number of amides is 2. The molecule has 1 aliphatic heterocycles. The van der Waals surface area contributed by atoms with Crippen LogP contribution in [-0.4, -0.2) is 65.8 Å². The Morgan fingerprint density at radius 2 is 1.86 bits per heavy atom. The highest BCUT2D eigenvalue weighted by Crippen LogP contribution is 2.14. The largest absolute Gasteiger partial charge is 0.481 e. The molecule has 1 aliphatic rings. The van der Waals surface area contributed by atoms with Crippen molar-refractivity contribution < 1.29 is 19.4 Å². The summed E-state index contributed by atoms with van der Waals surface area (Å²) in [6.07, 6.45) is 3.98. The summed E-state index contributed by atoms with van der Waals surface area (Å²) in [5.41, 5.74) is 0. The van der Waals surface area contributed by atoms with Gasteiger partial charge in [0.2, 0.25) is 0 Å². The summed E-state index contributed by atoms with van der Waals surface area (Å²) in [5, 5.41) is 8.98. The number of aliphatic carboxylic acids is 1. The molecule has 1 atom stereocenters. The number of rotatable bonds is 8. The van der Waals surface area contributed by atoms with Gasteiger partial charge in [-0.3, -0.25) is 4.79 Å². The molecule has 1 rings (SSSR count). The predicted octanol–water partition coefficient (Wildman–Crippen LogP) is 2.18. The second kappa shape index (κ2) is 9.60. The smallest absolute Gasteiger partial charge is 0.320 e. The van der Waals surface area contributed by atoms with Crippen LogP contribution < -0.4 is 0 Å². The fourth-order valence-corrected chi connectivity index (χ4v) is 2.46. The molecule has 1 fully saturated rings. The SMILES string of the molecule is CCCCN(CCCC)C(=O)N1CCOCC1CC(=O)O. The molecule has 0 aliphatic carbocycles. The van der Waals surface area contributed by atoms with Crippen molar-refractivity contribution in [1.29, 1.82) is 0 Å². The van der Waals surface area contributed by atoms with Gasteiger partial charge in [0.15, 0.2) is 0 Å². The minimum absolute atomic E-state index is 0.0357. The molecule has 2 amide bonds. The predicted molar refractivity (Wildman–Crippen MR) is 80.4 cm³/mol. The van der Waals surface area contributed by atoms with Crippen LogP contribution in [0.3, 0.4) is 0 Å². The summed E-state index contributed by atoms with van der Waals surface area (Å²) in [5.74, 6) is -0.892. The van der Waals surface area contributed by atoms with E-state index >= 15 is 0 Å². The van der Waals surface area contributed by atoms with Crippen LogP contribution in [-0.2, 0) is 9.53 Å². The number of carbonyl (C=O) groups is 2. The Kier molecular flexibility index (Phi) is 8.12. The number of urea groups is 1. The van der Waals surface area contributed by atoms with Crippen molar-refractivity contribution >= 4 is 12.0 Å². The monoisotopic (exact) mass is 300 g/mol. The first-order valence-corrected chi connectivity index (χ1v) is 7.95. The minimum atomic E-state index is -0.892. The molecular weight excluding hydrogens is 272 g/mol. The number of hydrogen-bond donors (Lipinski definition) is 1. The lowest BCUT2D eigenvalue weighted by Gasteiger charge is -2.38. The maximum atomic E-state index is 12.7. The van der Waals surface area contributed by atoms with Crippen LogP contribution in [0.15, 0.2) is 0 Å². The van der Waals surface area contributed by atoms with Crippen molar-refractivity contribution in [2.24, 2.45) is 0 Å². The third-order valence-corrected chi connectivity index (χ3v) is 3.72. The molecule has 0 radical (unpaired) electrons. The average Bonchev–Trinajstić information content (AvgIpc) is 2.47. The summed E-state index contributed by atoms with van der Waals surface area (Å²) < 4.78 is 5.33. The lowest BCUT2D eigenvalue weighted by atomic mass is 10.1. The van der Waals surface area contributed by atoms with Gasteiger partial charge in [-0.15, -0.1) is 0 Å². The van der Waals surface area contributed by atoms with Gasteiger partial charge in [0, 0.05) is 19.6 Å². The zero-order valence-electron chi connectivity index (χ0n) is 13.2. The molecule has 0 aromatic heterocycles. The number of nitrogens with zero attached hydrogens (tertiary/aromatic N) is 2. The second-order valence-electron chi connectivity index (χ2n) is 5.50. The highest BCUT2D eigenvalue weighted by atomic mass is 16.5. The maximum Gasteiger partial charge on any atom is 0.320 e. The Labute approximate surface area is 127 Å². The molecule has 0 aromatic rings. The summed E-state index contributed by atoms with van der Waals surface area (Å²) in [4.78, 5) is 27.2. The number of carboxylic acids is 1. The van der Waals surface area contributed by atoms with E-state index < -0.39 is 5.97 Å². The van der Waals surface area contributed by atoms with Gasteiger partial charge in [-0.25, -0.2) is 4.79 Å². The first-order chi connectivity index (χ1) is 10.1. The van der Waals surface area contributed by atoms with Gasteiger partial charge in [-0.2, -0.15) is 0 Å². The third kappa shape index (κ3) is 5.91. The van der Waals surface area contributed by atoms with Gasteiger partial charge < -0.3 is 19.6 Å². The summed E-state index contributed by atoms with van der Waals surface area (Å²) in [6, 6.07) is -0.388. The van der Waals surface area contributed by atoms with E-state index in [1.165, 1.54) is 0 Å². The van der Waals surface area contributed by atoms with E-state index in [9.17, 15) is 9.59 Å². The Morgan fingerprint density at radius 3 is 2.38 bits per heavy atom. The van der Waals surface area contributed by atoms with Gasteiger partial charge in [-0.05, 0) is 12.8 Å². The molecule has 6 heteroatoms. The van der Waals surface area contributed by atoms with E-state index in [2.05, 4.69) is 13.8 Å². The highest BCUT2D eigenvalue weighted by Gasteiger charge is 2.31. The molecule has 6 nitrogen and oxygen atoms in total. The molecule has 0 saturated carbocycles. The van der Waals surface area contributed by atoms with Crippen LogP contribution in [0.4, 0.5) is 4.79 Å². The summed E-state index contributed by atoms with van der Waals surface area (Å²) >= 11 is 0. The van der Waals surface area contributed by atoms with E-state index in [0.717, 1.165) is 38.8 Å². The van der Waals surface area contributed by atoms with E-state index in [-0.39, 0.29) is 18.5 Å². The van der Waals surface area contributed by atoms with Crippen molar-refractivity contribution in [2.75, 3.05) is 32.8 Å². The van der Waals surface area contributed by atoms with Crippen molar-refractivity contribution in [3.8, 4) is 0 Å². The molecule has 1 N–H and O–H groups in total. The third-order valence-electron chi connectivity index (χ3n) is 3.72. The van der Waals surface area contributed by atoms with Gasteiger partial charge in [0.05, 0.1) is 25.7 Å². The number of carboxylic acid groups (broad SMARTS) is 1. The first-order valence-electron chi connectivity index (χ1n) is 7.95. The van der Waals surface area contributed by atoms with Gasteiger partial charge in [0.25, 0.3) is 0 Å². The van der Waals surface area contributed by atoms with Crippen LogP contribution in [0.25, 0.3) is 0 Å². The van der Waals surface area contributed by atoms with E-state index in [1.54, 1.807) is 4.90 Å². The van der Waals surface area contributed by atoms with Crippen LogP contribution in [0.2, 0.25) is 0 Å². The number of carbonyl (C=O) groups excluding carboxylic acids is 1. The normalized spacial score (nSPS) is 18.6. The van der Waals surface area contributed by atoms with Crippen molar-refractivity contribution in [3.05, 3.63) is 0 Å². The topological polar surface area (TPSA) is 70.1 Å². The number of unbranched alkanes of at least 4 members (excludes halogenated alkanes) is 2. The number of hydrogen-bond acceptors (Lipinski definition) is 3. The summed E-state index contributed by atoms with van der Waals surface area (Å²) in [6.45, 7) is 6.96. The van der Waals surface area contributed by atoms with Crippen molar-refractivity contribution in [3.63, 3.8) is 0 Å². The Bertz CT molecular complexity index is 328. The zero-order chi connectivity index (χ0) is 15.7. The van der Waals surface area contributed by atoms with E-state index in [0.29, 0.717) is 19.8 Å². The lowest BCUT2D eigenvalue weighted by molar-refractivity contribution is -0.139. The van der Waals surface area contributed by atoms with Crippen molar-refractivity contribution in [2.45, 2.75) is 52.0 Å². The standard InChI is InChI=1S/C15H28N2O4/c1-3-5-7-16(8-6-4-2)15(20)17-9-10-21-12-13(17)11-14(18)19/h13H,3-12H2,1-2H3,(H,18,19). The Hall–Kier alpha value is -1.30. The molecule has 122 valence electrons. The maximum absolute atomic E-state index is 12.7. The van der Waals surface area contributed by atoms with Gasteiger partial charge in [0.1, 0.15) is 0 Å². The fourth-order valence-electron chi connectivity index (χ4n) is 2.46. The minimum Gasteiger partial charge on any atom is -0.481 e. The first kappa shape index (κ1) is 17.8. The Morgan fingerprint density at radius 1 is 1.24 bits per heavy atom. The highest BCUT2D eigenvalue weighted by molar-refractivity contribution is 5.76. The van der Waals surface area contributed by atoms with E-state index in [4.69, 9.17) is 9.84 Å². The quantitative estimate of drug-likeness (QED) is 0.746. The fraction of sp³-hybridized carbons (Fsp3) is 0.867. The zero-order valence-corrected chi connectivity index (χ0v) is 13.2. The van der Waals surface area contributed by atoms with Gasteiger partial charge >= 0.3 is 12.0 Å². The molecule has 0 spiro atoms. The molecule has 1 saturated heterocycles. The molecule has 1 unspecified atom stereocenters. The average molecular weight is 300 g/mol. The number of morpholine rings is 1. The lowest BCUT2D eigenvalue weighted by Crippen LogP contribution is -2.54. The summed E-state index contributed by atoms with van der Waals surface area (Å²) in [7, 11) is 0.